The quantitative estimate of drug-likeness (QED) is 0.801. The smallest absolute Gasteiger partial charge is 0.335 e. The fourth-order valence-corrected chi connectivity index (χ4v) is 2.94. The van der Waals surface area contributed by atoms with Crippen LogP contribution in [0.1, 0.15) is 36.0 Å². The van der Waals surface area contributed by atoms with Crippen LogP contribution in [0.25, 0.3) is 0 Å². The third-order valence-corrected chi connectivity index (χ3v) is 4.08. The van der Waals surface area contributed by atoms with E-state index in [0.29, 0.717) is 5.56 Å². The third-order valence-electron chi connectivity index (χ3n) is 4.08. The normalized spacial score (nSPS) is 20.7. The van der Waals surface area contributed by atoms with Crippen molar-refractivity contribution in [3.63, 3.8) is 0 Å². The molecule has 2 N–H and O–H groups in total. The summed E-state index contributed by atoms with van der Waals surface area (Å²) in [4.78, 5) is 11.0. The van der Waals surface area contributed by atoms with Gasteiger partial charge in [0.15, 0.2) is 0 Å². The zero-order chi connectivity index (χ0) is 12.6. The zero-order valence-electron chi connectivity index (χ0n) is 10.2. The van der Waals surface area contributed by atoms with Gasteiger partial charge in [0, 0.05) is 12.0 Å². The number of hydrogen-bond acceptors (Lipinski definition) is 3. The number of hydrogen-bond donors (Lipinski definition) is 2. The number of nitrogens with one attached hydrogen (secondary N) is 1. The average Bonchev–Trinajstić information content (AvgIpc) is 2.75. The molecule has 96 valence electrons. The Hall–Kier alpha value is -1.71. The first-order chi connectivity index (χ1) is 8.69. The second-order valence-corrected chi connectivity index (χ2v) is 5.37. The molecule has 1 saturated carbocycles. The summed E-state index contributed by atoms with van der Waals surface area (Å²) in [6.45, 7) is 1.61. The summed E-state index contributed by atoms with van der Waals surface area (Å²) in [7, 11) is 0. The lowest BCUT2D eigenvalue weighted by molar-refractivity contribution is 0.0697. The predicted octanol–water partition coefficient (Wildman–Crippen LogP) is 2.75. The molecule has 0 amide bonds. The molecular weight excluding hydrogens is 230 g/mol. The average molecular weight is 247 g/mol. The Bertz CT molecular complexity index is 478. The van der Waals surface area contributed by atoms with Gasteiger partial charge in [0.1, 0.15) is 5.75 Å². The van der Waals surface area contributed by atoms with E-state index in [9.17, 15) is 4.79 Å². The number of anilines is 1. The lowest BCUT2D eigenvalue weighted by atomic mass is 9.87. The Morgan fingerprint density at radius 1 is 1.33 bits per heavy atom. The van der Waals surface area contributed by atoms with Crippen LogP contribution in [0, 0.1) is 5.41 Å². The van der Waals surface area contributed by atoms with Crippen LogP contribution in [-0.4, -0.2) is 24.2 Å². The molecule has 18 heavy (non-hydrogen) atoms. The summed E-state index contributed by atoms with van der Waals surface area (Å²) in [5, 5.41) is 12.4. The molecule has 0 saturated heterocycles. The standard InChI is InChI=1S/C14H17NO3/c16-13(17)10-3-4-12-11(7-10)15-8-14(9-18-12)5-1-2-6-14/h3-4,7,15H,1-2,5-6,8-9H2,(H,16,17). The van der Waals surface area contributed by atoms with Crippen molar-refractivity contribution in [3.05, 3.63) is 23.8 Å². The number of carboxylic acid groups (broad SMARTS) is 1. The molecule has 1 aromatic rings. The Morgan fingerprint density at radius 3 is 2.83 bits per heavy atom. The maximum atomic E-state index is 11.0. The highest BCUT2D eigenvalue weighted by Gasteiger charge is 2.36. The maximum absolute atomic E-state index is 11.0. The first-order valence-corrected chi connectivity index (χ1v) is 6.43. The topological polar surface area (TPSA) is 58.6 Å². The minimum absolute atomic E-state index is 0.238. The van der Waals surface area contributed by atoms with Crippen molar-refractivity contribution < 1.29 is 14.6 Å². The van der Waals surface area contributed by atoms with E-state index in [2.05, 4.69) is 5.32 Å². The van der Waals surface area contributed by atoms with Gasteiger partial charge in [0.05, 0.1) is 17.9 Å². The first-order valence-electron chi connectivity index (χ1n) is 6.43. The van der Waals surface area contributed by atoms with E-state index >= 15 is 0 Å². The van der Waals surface area contributed by atoms with Crippen LogP contribution >= 0.6 is 0 Å². The van der Waals surface area contributed by atoms with Gasteiger partial charge in [-0.15, -0.1) is 0 Å². The summed E-state index contributed by atoms with van der Waals surface area (Å²) in [5.74, 6) is -0.136. The van der Waals surface area contributed by atoms with Crippen LogP contribution in [0.4, 0.5) is 5.69 Å². The van der Waals surface area contributed by atoms with Crippen molar-refractivity contribution >= 4 is 11.7 Å². The minimum Gasteiger partial charge on any atom is -0.491 e. The van der Waals surface area contributed by atoms with Gasteiger partial charge in [0.2, 0.25) is 0 Å². The van der Waals surface area contributed by atoms with Gasteiger partial charge in [-0.25, -0.2) is 4.79 Å². The molecule has 0 unspecified atom stereocenters. The lowest BCUT2D eigenvalue weighted by Crippen LogP contribution is -2.30. The molecule has 1 fully saturated rings. The van der Waals surface area contributed by atoms with Gasteiger partial charge in [0.25, 0.3) is 0 Å². The van der Waals surface area contributed by atoms with Crippen LogP contribution in [0.2, 0.25) is 0 Å². The molecule has 1 spiro atoms. The largest absolute Gasteiger partial charge is 0.491 e. The van der Waals surface area contributed by atoms with Gasteiger partial charge in [-0.2, -0.15) is 0 Å². The number of ether oxygens (including phenoxy) is 1. The van der Waals surface area contributed by atoms with Crippen LogP contribution in [0.5, 0.6) is 5.75 Å². The first kappa shape index (κ1) is 11.4. The number of rotatable bonds is 1. The molecule has 1 aliphatic heterocycles. The number of aromatic carboxylic acids is 1. The highest BCUT2D eigenvalue weighted by atomic mass is 16.5. The van der Waals surface area contributed by atoms with Crippen LogP contribution in [0.3, 0.4) is 0 Å². The molecule has 1 heterocycles. The Balaban J connectivity index is 1.87. The summed E-state index contributed by atoms with van der Waals surface area (Å²) in [6, 6.07) is 5.00. The van der Waals surface area contributed by atoms with Crippen molar-refractivity contribution in [1.29, 1.82) is 0 Å². The van der Waals surface area contributed by atoms with E-state index < -0.39 is 5.97 Å². The lowest BCUT2D eigenvalue weighted by Gasteiger charge is -2.25. The van der Waals surface area contributed by atoms with E-state index in [1.165, 1.54) is 25.7 Å². The maximum Gasteiger partial charge on any atom is 0.335 e. The Morgan fingerprint density at radius 2 is 2.11 bits per heavy atom. The molecule has 0 aromatic heterocycles. The van der Waals surface area contributed by atoms with Gasteiger partial charge >= 0.3 is 5.97 Å². The van der Waals surface area contributed by atoms with Gasteiger partial charge in [-0.1, -0.05) is 12.8 Å². The summed E-state index contributed by atoms with van der Waals surface area (Å²) >= 11 is 0. The molecule has 0 radical (unpaired) electrons. The van der Waals surface area contributed by atoms with E-state index in [1.54, 1.807) is 18.2 Å². The van der Waals surface area contributed by atoms with Crippen LogP contribution in [0.15, 0.2) is 18.2 Å². The van der Waals surface area contributed by atoms with E-state index in [-0.39, 0.29) is 5.41 Å². The number of benzene rings is 1. The molecule has 4 heteroatoms. The van der Waals surface area contributed by atoms with E-state index in [1.807, 2.05) is 0 Å². The molecule has 1 aromatic carbocycles. The molecule has 0 bridgehead atoms. The highest BCUT2D eigenvalue weighted by Crippen LogP contribution is 2.42. The van der Waals surface area contributed by atoms with E-state index in [0.717, 1.165) is 24.6 Å². The van der Waals surface area contributed by atoms with Crippen molar-refractivity contribution in [3.8, 4) is 5.75 Å². The van der Waals surface area contributed by atoms with Crippen LogP contribution in [-0.2, 0) is 0 Å². The molecule has 1 aliphatic carbocycles. The van der Waals surface area contributed by atoms with Crippen molar-refractivity contribution in [2.45, 2.75) is 25.7 Å². The van der Waals surface area contributed by atoms with Crippen molar-refractivity contribution in [1.82, 2.24) is 0 Å². The van der Waals surface area contributed by atoms with Gasteiger partial charge in [-0.3, -0.25) is 0 Å². The van der Waals surface area contributed by atoms with E-state index in [4.69, 9.17) is 9.84 Å². The summed E-state index contributed by atoms with van der Waals surface area (Å²) in [5.41, 5.74) is 1.34. The number of carboxylic acids is 1. The second-order valence-electron chi connectivity index (χ2n) is 5.37. The van der Waals surface area contributed by atoms with Crippen LogP contribution < -0.4 is 10.1 Å². The number of carbonyl (C=O) groups is 1. The summed E-state index contributed by atoms with van der Waals surface area (Å²) in [6.07, 6.45) is 4.92. The highest BCUT2D eigenvalue weighted by molar-refractivity contribution is 5.89. The summed E-state index contributed by atoms with van der Waals surface area (Å²) < 4.78 is 5.87. The molecular formula is C14H17NO3. The molecule has 0 atom stereocenters. The molecule has 3 rings (SSSR count). The zero-order valence-corrected chi connectivity index (χ0v) is 10.2. The fourth-order valence-electron chi connectivity index (χ4n) is 2.94. The van der Waals surface area contributed by atoms with Crippen molar-refractivity contribution in [2.24, 2.45) is 5.41 Å². The number of fused-ring (bicyclic) bond motifs is 1. The predicted molar refractivity (Wildman–Crippen MR) is 68.3 cm³/mol. The monoisotopic (exact) mass is 247 g/mol. The third kappa shape index (κ3) is 1.92. The molecule has 4 nitrogen and oxygen atoms in total. The minimum atomic E-state index is -0.903. The Labute approximate surface area is 106 Å². The molecule has 2 aliphatic rings. The fraction of sp³-hybridized carbons (Fsp3) is 0.500. The van der Waals surface area contributed by atoms with Crippen molar-refractivity contribution in [2.75, 3.05) is 18.5 Å². The second kappa shape index (κ2) is 4.19. The van der Waals surface area contributed by atoms with Gasteiger partial charge in [-0.05, 0) is 31.0 Å². The van der Waals surface area contributed by atoms with Gasteiger partial charge < -0.3 is 15.2 Å². The SMILES string of the molecule is O=C(O)c1ccc2c(c1)NCC1(CCCC1)CO2. The Kier molecular flexibility index (Phi) is 2.65.